The molecule has 1 aromatic rings. The van der Waals surface area contributed by atoms with Crippen molar-refractivity contribution in [3.05, 3.63) is 47.5 Å². The summed E-state index contributed by atoms with van der Waals surface area (Å²) >= 11 is 0. The molecule has 2 rings (SSSR count). The highest BCUT2D eigenvalue weighted by Crippen LogP contribution is 2.35. The van der Waals surface area contributed by atoms with Crippen LogP contribution in [0.3, 0.4) is 0 Å². The zero-order valence-electron chi connectivity index (χ0n) is 11.6. The van der Waals surface area contributed by atoms with Crippen molar-refractivity contribution < 1.29 is 14.3 Å². The second-order valence-electron chi connectivity index (χ2n) is 5.17. The summed E-state index contributed by atoms with van der Waals surface area (Å²) in [5.74, 6) is 0.0504. The molecule has 0 aromatic heterocycles. The lowest BCUT2D eigenvalue weighted by Gasteiger charge is -2.36. The third-order valence-corrected chi connectivity index (χ3v) is 3.51. The predicted molar refractivity (Wildman–Crippen MR) is 74.2 cm³/mol. The van der Waals surface area contributed by atoms with Crippen LogP contribution < -0.4 is 0 Å². The molecule has 102 valence electrons. The molecule has 1 aromatic carbocycles. The Hall–Kier alpha value is -1.45. The second-order valence-corrected chi connectivity index (χ2v) is 5.17. The van der Waals surface area contributed by atoms with E-state index in [4.69, 9.17) is 9.47 Å². The van der Waals surface area contributed by atoms with E-state index >= 15 is 0 Å². The maximum absolute atomic E-state index is 12.8. The average molecular weight is 260 g/mol. The van der Waals surface area contributed by atoms with Crippen molar-refractivity contribution in [2.75, 3.05) is 13.9 Å². The summed E-state index contributed by atoms with van der Waals surface area (Å²) in [4.78, 5) is 12.8. The number of rotatable bonds is 5. The highest BCUT2D eigenvalue weighted by Gasteiger charge is 2.43. The van der Waals surface area contributed by atoms with E-state index in [1.165, 1.54) is 0 Å². The van der Waals surface area contributed by atoms with E-state index < -0.39 is 5.60 Å². The molecule has 0 bridgehead atoms. The van der Waals surface area contributed by atoms with Crippen molar-refractivity contribution in [1.29, 1.82) is 0 Å². The smallest absolute Gasteiger partial charge is 0.195 e. The quantitative estimate of drug-likeness (QED) is 0.602. The third-order valence-electron chi connectivity index (χ3n) is 3.51. The van der Waals surface area contributed by atoms with Gasteiger partial charge in [-0.2, -0.15) is 0 Å². The molecule has 3 heteroatoms. The van der Waals surface area contributed by atoms with Crippen LogP contribution in [0, 0.1) is 0 Å². The van der Waals surface area contributed by atoms with Gasteiger partial charge in [0.1, 0.15) is 12.4 Å². The maximum Gasteiger partial charge on any atom is 0.195 e. The van der Waals surface area contributed by atoms with Gasteiger partial charge >= 0.3 is 0 Å². The Labute approximate surface area is 114 Å². The lowest BCUT2D eigenvalue weighted by molar-refractivity contribution is -0.114. The van der Waals surface area contributed by atoms with Crippen LogP contribution in [0.5, 0.6) is 0 Å². The minimum atomic E-state index is -0.809. The van der Waals surface area contributed by atoms with Crippen molar-refractivity contribution in [3.8, 4) is 0 Å². The molecule has 1 aliphatic rings. The van der Waals surface area contributed by atoms with E-state index in [-0.39, 0.29) is 12.6 Å². The summed E-state index contributed by atoms with van der Waals surface area (Å²) in [6, 6.07) is 7.74. The molecule has 0 heterocycles. The maximum atomic E-state index is 12.8. The van der Waals surface area contributed by atoms with Crippen LogP contribution in [0.4, 0.5) is 0 Å². The zero-order valence-corrected chi connectivity index (χ0v) is 11.6. The summed E-state index contributed by atoms with van der Waals surface area (Å²) in [5, 5.41) is 0. The standard InChI is InChI=1S/C16H20O3/c1-12(2)10-16(19-11-18-3)9-8-13-6-4-5-7-14(13)15(16)17/h4-7H,1,8-11H2,2-3H3/t16-/m0/s1. The Kier molecular flexibility index (Phi) is 4.17. The van der Waals surface area contributed by atoms with Crippen LogP contribution >= 0.6 is 0 Å². The number of ether oxygens (including phenoxy) is 2. The number of carbonyl (C=O) groups excluding carboxylic acids is 1. The number of Topliss-reactive ketones (excluding diaryl/α,β-unsaturated/α-hetero) is 1. The van der Waals surface area contributed by atoms with Crippen molar-refractivity contribution in [2.24, 2.45) is 0 Å². The SMILES string of the molecule is C=C(C)C[C@@]1(OCOC)CCc2ccccc2C1=O. The number of benzene rings is 1. The van der Waals surface area contributed by atoms with Gasteiger partial charge in [-0.1, -0.05) is 29.8 Å². The number of ketones is 1. The molecular weight excluding hydrogens is 240 g/mol. The van der Waals surface area contributed by atoms with E-state index in [0.29, 0.717) is 12.8 Å². The van der Waals surface area contributed by atoms with Gasteiger partial charge in [-0.25, -0.2) is 0 Å². The molecule has 0 aliphatic heterocycles. The van der Waals surface area contributed by atoms with E-state index in [1.807, 2.05) is 31.2 Å². The van der Waals surface area contributed by atoms with Gasteiger partial charge in [0.15, 0.2) is 5.78 Å². The van der Waals surface area contributed by atoms with Gasteiger partial charge < -0.3 is 9.47 Å². The van der Waals surface area contributed by atoms with Gasteiger partial charge in [-0.3, -0.25) is 4.79 Å². The number of aryl methyl sites for hydroxylation is 1. The topological polar surface area (TPSA) is 35.5 Å². The summed E-state index contributed by atoms with van der Waals surface area (Å²) in [6.45, 7) is 5.97. The minimum Gasteiger partial charge on any atom is -0.359 e. The fourth-order valence-electron chi connectivity index (χ4n) is 2.67. The normalized spacial score (nSPS) is 22.1. The van der Waals surface area contributed by atoms with Crippen LogP contribution in [-0.2, 0) is 15.9 Å². The van der Waals surface area contributed by atoms with Crippen LogP contribution in [0.1, 0.15) is 35.7 Å². The Morgan fingerprint density at radius 3 is 2.84 bits per heavy atom. The molecule has 0 fully saturated rings. The van der Waals surface area contributed by atoms with Gasteiger partial charge in [0.05, 0.1) is 0 Å². The van der Waals surface area contributed by atoms with Gasteiger partial charge in [0.2, 0.25) is 0 Å². The number of fused-ring (bicyclic) bond motifs is 1. The molecule has 0 radical (unpaired) electrons. The molecule has 0 unspecified atom stereocenters. The van der Waals surface area contributed by atoms with E-state index in [2.05, 4.69) is 6.58 Å². The molecule has 19 heavy (non-hydrogen) atoms. The number of hydrogen-bond acceptors (Lipinski definition) is 3. The van der Waals surface area contributed by atoms with E-state index in [9.17, 15) is 4.79 Å². The van der Waals surface area contributed by atoms with E-state index in [1.54, 1.807) is 7.11 Å². The number of methoxy groups -OCH3 is 1. The van der Waals surface area contributed by atoms with Crippen molar-refractivity contribution >= 4 is 5.78 Å². The monoisotopic (exact) mass is 260 g/mol. The lowest BCUT2D eigenvalue weighted by Crippen LogP contribution is -2.46. The molecule has 0 saturated carbocycles. The second kappa shape index (κ2) is 5.68. The third kappa shape index (κ3) is 2.77. The summed E-state index contributed by atoms with van der Waals surface area (Å²) in [7, 11) is 1.57. The van der Waals surface area contributed by atoms with Crippen molar-refractivity contribution in [1.82, 2.24) is 0 Å². The highest BCUT2D eigenvalue weighted by molar-refractivity contribution is 6.04. The van der Waals surface area contributed by atoms with Gasteiger partial charge in [-0.05, 0) is 25.3 Å². The summed E-state index contributed by atoms with van der Waals surface area (Å²) < 4.78 is 10.8. The molecule has 0 spiro atoms. The zero-order chi connectivity index (χ0) is 13.9. The summed E-state index contributed by atoms with van der Waals surface area (Å²) in [6.07, 6.45) is 2.07. The lowest BCUT2D eigenvalue weighted by atomic mass is 9.76. The van der Waals surface area contributed by atoms with Gasteiger partial charge in [0.25, 0.3) is 0 Å². The molecule has 0 N–H and O–H groups in total. The first-order valence-corrected chi connectivity index (χ1v) is 6.49. The van der Waals surface area contributed by atoms with Gasteiger partial charge in [-0.15, -0.1) is 6.58 Å². The molecular formula is C16H20O3. The predicted octanol–water partition coefficient (Wildman–Crippen LogP) is 3.14. The van der Waals surface area contributed by atoms with Crippen LogP contribution in [0.15, 0.2) is 36.4 Å². The number of hydrogen-bond donors (Lipinski definition) is 0. The van der Waals surface area contributed by atoms with Crippen LogP contribution in [-0.4, -0.2) is 25.3 Å². The van der Waals surface area contributed by atoms with Crippen LogP contribution in [0.2, 0.25) is 0 Å². The Morgan fingerprint density at radius 2 is 2.16 bits per heavy atom. The van der Waals surface area contributed by atoms with Crippen LogP contribution in [0.25, 0.3) is 0 Å². The molecule has 0 amide bonds. The molecule has 3 nitrogen and oxygen atoms in total. The van der Waals surface area contributed by atoms with Gasteiger partial charge in [0, 0.05) is 19.1 Å². The molecule has 0 saturated heterocycles. The van der Waals surface area contributed by atoms with E-state index in [0.717, 1.165) is 23.1 Å². The Bertz CT molecular complexity index is 493. The first kappa shape index (κ1) is 14.0. The first-order chi connectivity index (χ1) is 9.09. The Morgan fingerprint density at radius 1 is 1.42 bits per heavy atom. The average Bonchev–Trinajstić information content (AvgIpc) is 2.40. The molecule has 1 aliphatic carbocycles. The molecule has 1 atom stereocenters. The minimum absolute atomic E-state index is 0.0504. The van der Waals surface area contributed by atoms with Crippen molar-refractivity contribution in [3.63, 3.8) is 0 Å². The summed E-state index contributed by atoms with van der Waals surface area (Å²) in [5.41, 5.74) is 2.01. The first-order valence-electron chi connectivity index (χ1n) is 6.49. The highest BCUT2D eigenvalue weighted by atomic mass is 16.7. The number of carbonyl (C=O) groups is 1. The fraction of sp³-hybridized carbons (Fsp3) is 0.438. The Balaban J connectivity index is 2.35. The fourth-order valence-corrected chi connectivity index (χ4v) is 2.67. The van der Waals surface area contributed by atoms with Crippen molar-refractivity contribution in [2.45, 2.75) is 31.8 Å². The largest absolute Gasteiger partial charge is 0.359 e.